The Hall–Kier alpha value is -2.09. The molecule has 0 aliphatic carbocycles. The van der Waals surface area contributed by atoms with E-state index in [1.54, 1.807) is 24.3 Å². The Morgan fingerprint density at radius 2 is 1.88 bits per heavy atom. The molecule has 0 N–H and O–H groups in total. The van der Waals surface area contributed by atoms with E-state index in [4.69, 9.17) is 37.4 Å². The Labute approximate surface area is 197 Å². The van der Waals surface area contributed by atoms with Crippen LogP contribution in [0.5, 0.6) is 11.5 Å². The van der Waals surface area contributed by atoms with Gasteiger partial charge in [0.2, 0.25) is 5.78 Å². The lowest BCUT2D eigenvalue weighted by atomic mass is 9.98. The van der Waals surface area contributed by atoms with Gasteiger partial charge in [0.05, 0.1) is 24.3 Å². The standard InChI is InChI=1S/C24H24Cl2N2O4/c1-15-10-20-18(13-28(14-31-20)5-4-27-6-8-30-9-7-27)24-22(15)23(29)21(32-24)11-16-2-3-17(25)12-19(16)26/h2-3,10-12H,4-9,13-14H2,1H3/b21-11-. The van der Waals surface area contributed by atoms with E-state index in [-0.39, 0.29) is 11.5 Å². The SMILES string of the molecule is Cc1cc2c(c3c1C(=O)/C(=C/c1ccc(Cl)cc1Cl)O3)CN(CCN1CCOCC1)CO2. The van der Waals surface area contributed by atoms with Crippen LogP contribution in [0, 0.1) is 6.92 Å². The van der Waals surface area contributed by atoms with Crippen LogP contribution in [0.1, 0.15) is 27.0 Å². The van der Waals surface area contributed by atoms with Crippen LogP contribution >= 0.6 is 23.2 Å². The number of ketones is 1. The number of rotatable bonds is 4. The first kappa shape index (κ1) is 21.7. The topological polar surface area (TPSA) is 51.2 Å². The normalized spacial score (nSPS) is 20.1. The quantitative estimate of drug-likeness (QED) is 0.612. The number of hydrogen-bond acceptors (Lipinski definition) is 6. The van der Waals surface area contributed by atoms with Crippen molar-refractivity contribution in [1.29, 1.82) is 0 Å². The molecule has 2 aromatic carbocycles. The molecule has 5 rings (SSSR count). The molecule has 0 amide bonds. The highest BCUT2D eigenvalue weighted by Crippen LogP contribution is 2.44. The number of hydrogen-bond donors (Lipinski definition) is 0. The molecule has 32 heavy (non-hydrogen) atoms. The van der Waals surface area contributed by atoms with E-state index in [0.29, 0.717) is 40.2 Å². The summed E-state index contributed by atoms with van der Waals surface area (Å²) in [5.74, 6) is 1.49. The molecule has 0 unspecified atom stereocenters. The van der Waals surface area contributed by atoms with Gasteiger partial charge in [-0.25, -0.2) is 0 Å². The van der Waals surface area contributed by atoms with E-state index in [1.807, 2.05) is 13.0 Å². The van der Waals surface area contributed by atoms with Crippen molar-refractivity contribution in [3.63, 3.8) is 0 Å². The highest BCUT2D eigenvalue weighted by molar-refractivity contribution is 6.35. The van der Waals surface area contributed by atoms with Gasteiger partial charge in [0.25, 0.3) is 0 Å². The Kier molecular flexibility index (Phi) is 6.14. The molecule has 1 fully saturated rings. The summed E-state index contributed by atoms with van der Waals surface area (Å²) in [7, 11) is 0. The number of carbonyl (C=O) groups is 1. The Bertz CT molecular complexity index is 1100. The molecule has 0 radical (unpaired) electrons. The minimum Gasteiger partial charge on any atom is -0.478 e. The van der Waals surface area contributed by atoms with Gasteiger partial charge < -0.3 is 14.2 Å². The third-order valence-electron chi connectivity index (χ3n) is 6.07. The molecule has 2 aromatic rings. The first-order chi connectivity index (χ1) is 15.5. The summed E-state index contributed by atoms with van der Waals surface area (Å²) in [5, 5.41) is 1.01. The number of fused-ring (bicyclic) bond motifs is 3. The third-order valence-corrected chi connectivity index (χ3v) is 6.64. The summed E-state index contributed by atoms with van der Waals surface area (Å²) in [6, 6.07) is 7.10. The zero-order chi connectivity index (χ0) is 22.2. The number of morpholine rings is 1. The third kappa shape index (κ3) is 4.26. The van der Waals surface area contributed by atoms with Crippen LogP contribution in [0.2, 0.25) is 10.0 Å². The fourth-order valence-corrected chi connectivity index (χ4v) is 4.75. The molecule has 1 saturated heterocycles. The number of benzene rings is 2. The molecule has 8 heteroatoms. The van der Waals surface area contributed by atoms with Crippen LogP contribution in [0.4, 0.5) is 0 Å². The second-order valence-corrected chi connectivity index (χ2v) is 9.10. The molecule has 3 heterocycles. The van der Waals surface area contributed by atoms with E-state index in [9.17, 15) is 4.79 Å². The molecule has 0 spiro atoms. The van der Waals surface area contributed by atoms with Gasteiger partial charge in [0.1, 0.15) is 18.2 Å². The van der Waals surface area contributed by atoms with Gasteiger partial charge in [-0.1, -0.05) is 29.3 Å². The summed E-state index contributed by atoms with van der Waals surface area (Å²) in [4.78, 5) is 17.8. The predicted molar refractivity (Wildman–Crippen MR) is 124 cm³/mol. The van der Waals surface area contributed by atoms with Crippen LogP contribution in [-0.2, 0) is 11.3 Å². The van der Waals surface area contributed by atoms with Gasteiger partial charge in [-0.05, 0) is 42.3 Å². The monoisotopic (exact) mass is 474 g/mol. The second kappa shape index (κ2) is 9.04. The van der Waals surface area contributed by atoms with Gasteiger partial charge in [-0.3, -0.25) is 14.6 Å². The smallest absolute Gasteiger partial charge is 0.232 e. The lowest BCUT2D eigenvalue weighted by Gasteiger charge is -2.33. The number of aryl methyl sites for hydroxylation is 1. The largest absolute Gasteiger partial charge is 0.478 e. The highest BCUT2D eigenvalue weighted by Gasteiger charge is 2.35. The summed E-state index contributed by atoms with van der Waals surface area (Å²) in [6.07, 6.45) is 1.67. The van der Waals surface area contributed by atoms with Crippen LogP contribution in [0.15, 0.2) is 30.0 Å². The van der Waals surface area contributed by atoms with E-state index < -0.39 is 0 Å². The number of ether oxygens (including phenoxy) is 3. The van der Waals surface area contributed by atoms with Gasteiger partial charge in [0.15, 0.2) is 5.76 Å². The predicted octanol–water partition coefficient (Wildman–Crippen LogP) is 4.40. The van der Waals surface area contributed by atoms with Crippen LogP contribution in [0.3, 0.4) is 0 Å². The van der Waals surface area contributed by atoms with Crippen molar-refractivity contribution in [2.75, 3.05) is 46.1 Å². The van der Waals surface area contributed by atoms with Crippen LogP contribution in [-0.4, -0.2) is 61.7 Å². The van der Waals surface area contributed by atoms with Crippen molar-refractivity contribution < 1.29 is 19.0 Å². The van der Waals surface area contributed by atoms with Gasteiger partial charge in [-0.2, -0.15) is 0 Å². The number of carbonyl (C=O) groups excluding carboxylic acids is 1. The van der Waals surface area contributed by atoms with Crippen molar-refractivity contribution in [2.24, 2.45) is 0 Å². The van der Waals surface area contributed by atoms with Crippen molar-refractivity contribution in [3.8, 4) is 11.5 Å². The highest BCUT2D eigenvalue weighted by atomic mass is 35.5. The maximum atomic E-state index is 13.2. The van der Waals surface area contributed by atoms with Crippen molar-refractivity contribution >= 4 is 35.1 Å². The molecule has 6 nitrogen and oxygen atoms in total. The molecule has 0 saturated carbocycles. The van der Waals surface area contributed by atoms with E-state index in [0.717, 1.165) is 56.3 Å². The Morgan fingerprint density at radius 3 is 2.66 bits per heavy atom. The fraction of sp³-hybridized carbons (Fsp3) is 0.375. The zero-order valence-corrected chi connectivity index (χ0v) is 19.3. The van der Waals surface area contributed by atoms with Crippen molar-refractivity contribution in [3.05, 3.63) is 62.3 Å². The molecule has 0 bridgehead atoms. The number of nitrogens with zero attached hydrogens (tertiary/aromatic N) is 2. The van der Waals surface area contributed by atoms with Crippen LogP contribution < -0.4 is 9.47 Å². The molecular weight excluding hydrogens is 451 g/mol. The van der Waals surface area contributed by atoms with E-state index in [2.05, 4.69) is 9.80 Å². The lowest BCUT2D eigenvalue weighted by Crippen LogP contribution is -2.43. The maximum absolute atomic E-state index is 13.2. The Morgan fingerprint density at radius 1 is 1.09 bits per heavy atom. The van der Waals surface area contributed by atoms with Gasteiger partial charge in [-0.15, -0.1) is 0 Å². The molecule has 0 atom stereocenters. The molecule has 168 valence electrons. The zero-order valence-electron chi connectivity index (χ0n) is 17.8. The maximum Gasteiger partial charge on any atom is 0.232 e. The van der Waals surface area contributed by atoms with Gasteiger partial charge in [0, 0.05) is 42.8 Å². The lowest BCUT2D eigenvalue weighted by molar-refractivity contribution is 0.0239. The summed E-state index contributed by atoms with van der Waals surface area (Å²) < 4.78 is 17.6. The minimum atomic E-state index is -0.142. The molecular formula is C24H24Cl2N2O4. The van der Waals surface area contributed by atoms with E-state index in [1.165, 1.54) is 0 Å². The number of allylic oxidation sites excluding steroid dienone is 1. The summed E-state index contributed by atoms with van der Waals surface area (Å²) in [5.41, 5.74) is 3.04. The molecule has 3 aliphatic heterocycles. The number of Topliss-reactive ketones (excluding diaryl/α,β-unsaturated/α-hetero) is 1. The van der Waals surface area contributed by atoms with Crippen molar-refractivity contribution in [1.82, 2.24) is 9.80 Å². The first-order valence-corrected chi connectivity index (χ1v) is 11.5. The van der Waals surface area contributed by atoms with E-state index >= 15 is 0 Å². The fourth-order valence-electron chi connectivity index (χ4n) is 4.29. The number of halogens is 2. The second-order valence-electron chi connectivity index (χ2n) is 8.26. The first-order valence-electron chi connectivity index (χ1n) is 10.7. The minimum absolute atomic E-state index is 0.142. The Balaban J connectivity index is 1.38. The summed E-state index contributed by atoms with van der Waals surface area (Å²) >= 11 is 12.3. The molecule has 0 aromatic heterocycles. The summed E-state index contributed by atoms with van der Waals surface area (Å²) in [6.45, 7) is 8.42. The van der Waals surface area contributed by atoms with Crippen molar-refractivity contribution in [2.45, 2.75) is 13.5 Å². The average Bonchev–Trinajstić information content (AvgIpc) is 3.12. The van der Waals surface area contributed by atoms with Gasteiger partial charge >= 0.3 is 0 Å². The average molecular weight is 475 g/mol. The van der Waals surface area contributed by atoms with Crippen LogP contribution in [0.25, 0.3) is 6.08 Å². The molecule has 3 aliphatic rings.